The van der Waals surface area contributed by atoms with E-state index in [4.69, 9.17) is 21.1 Å². The first-order valence-electron chi connectivity index (χ1n) is 6.08. The van der Waals surface area contributed by atoms with Crippen LogP contribution in [0.5, 0.6) is 0 Å². The topological polar surface area (TPSA) is 36.3 Å². The number of fused-ring (bicyclic) bond motifs is 1. The van der Waals surface area contributed by atoms with Crippen LogP contribution in [0.2, 0.25) is 0 Å². The van der Waals surface area contributed by atoms with Crippen LogP contribution < -0.4 is 0 Å². The van der Waals surface area contributed by atoms with Gasteiger partial charge in [0.15, 0.2) is 0 Å². The highest BCUT2D eigenvalue weighted by Crippen LogP contribution is 2.19. The van der Waals surface area contributed by atoms with Crippen LogP contribution in [0.15, 0.2) is 24.3 Å². The number of ether oxygens (including phenoxy) is 2. The Morgan fingerprint density at radius 3 is 3.00 bits per heavy atom. The Bertz CT molecular complexity index is 535. The second-order valence-corrected chi connectivity index (χ2v) is 4.60. The van der Waals surface area contributed by atoms with Crippen LogP contribution in [-0.2, 0) is 21.9 Å². The summed E-state index contributed by atoms with van der Waals surface area (Å²) < 4.78 is 13.2. The molecule has 96 valence electrons. The lowest BCUT2D eigenvalue weighted by atomic mass is 10.3. The summed E-state index contributed by atoms with van der Waals surface area (Å²) in [6.45, 7) is 2.72. The first kappa shape index (κ1) is 12.0. The maximum atomic E-state index is 5.97. The lowest BCUT2D eigenvalue weighted by Crippen LogP contribution is -2.32. The van der Waals surface area contributed by atoms with Gasteiger partial charge < -0.3 is 14.0 Å². The molecule has 0 bridgehead atoms. The quantitative estimate of drug-likeness (QED) is 0.799. The number of nitrogens with zero attached hydrogens (tertiary/aromatic N) is 2. The number of hydrogen-bond acceptors (Lipinski definition) is 3. The molecule has 1 unspecified atom stereocenters. The fourth-order valence-electron chi connectivity index (χ4n) is 2.28. The van der Waals surface area contributed by atoms with Crippen molar-refractivity contribution in [1.82, 2.24) is 9.55 Å². The molecule has 5 heteroatoms. The summed E-state index contributed by atoms with van der Waals surface area (Å²) in [6, 6.07) is 8.05. The molecule has 1 aliphatic rings. The first-order valence-corrected chi connectivity index (χ1v) is 6.61. The highest BCUT2D eigenvalue weighted by Gasteiger charge is 2.18. The lowest BCUT2D eigenvalue weighted by molar-refractivity contribution is -0.0934. The molecule has 4 nitrogen and oxygen atoms in total. The molecule has 0 saturated carbocycles. The SMILES string of the molecule is ClCc1nc2ccccc2n1CC1COCCO1. The Hall–Kier alpha value is -1.10. The average molecular weight is 267 g/mol. The highest BCUT2D eigenvalue weighted by atomic mass is 35.5. The van der Waals surface area contributed by atoms with E-state index in [-0.39, 0.29) is 6.10 Å². The Labute approximate surface area is 110 Å². The first-order chi connectivity index (χ1) is 8.88. The van der Waals surface area contributed by atoms with Gasteiger partial charge in [0.1, 0.15) is 5.82 Å². The van der Waals surface area contributed by atoms with Crippen LogP contribution in [0.25, 0.3) is 11.0 Å². The van der Waals surface area contributed by atoms with Crippen molar-refractivity contribution in [3.8, 4) is 0 Å². The summed E-state index contributed by atoms with van der Waals surface area (Å²) in [5.74, 6) is 1.29. The van der Waals surface area contributed by atoms with Crippen LogP contribution in [0.4, 0.5) is 0 Å². The molecule has 2 aromatic rings. The molecule has 1 fully saturated rings. The zero-order valence-electron chi connectivity index (χ0n) is 10.0. The summed E-state index contributed by atoms with van der Waals surface area (Å²) in [5, 5.41) is 0. The molecule has 2 heterocycles. The molecule has 3 rings (SSSR count). The van der Waals surface area contributed by atoms with Crippen molar-refractivity contribution in [3.63, 3.8) is 0 Å². The smallest absolute Gasteiger partial charge is 0.124 e. The molecule has 1 aliphatic heterocycles. The summed E-state index contributed by atoms with van der Waals surface area (Å²) in [4.78, 5) is 4.53. The van der Waals surface area contributed by atoms with Crippen molar-refractivity contribution in [2.45, 2.75) is 18.5 Å². The zero-order chi connectivity index (χ0) is 12.4. The van der Waals surface area contributed by atoms with Gasteiger partial charge in [-0.2, -0.15) is 0 Å². The minimum atomic E-state index is 0.0818. The van der Waals surface area contributed by atoms with Gasteiger partial charge in [0.25, 0.3) is 0 Å². The van der Waals surface area contributed by atoms with E-state index < -0.39 is 0 Å². The Morgan fingerprint density at radius 1 is 1.33 bits per heavy atom. The van der Waals surface area contributed by atoms with Gasteiger partial charge in [0, 0.05) is 0 Å². The van der Waals surface area contributed by atoms with Gasteiger partial charge in [-0.05, 0) is 12.1 Å². The normalized spacial score (nSPS) is 20.4. The molecule has 0 amide bonds. The van der Waals surface area contributed by atoms with Crippen LogP contribution in [0.1, 0.15) is 5.82 Å². The number of para-hydroxylation sites is 2. The second kappa shape index (κ2) is 5.26. The summed E-state index contributed by atoms with van der Waals surface area (Å²) in [5.41, 5.74) is 2.08. The molecule has 18 heavy (non-hydrogen) atoms. The molecule has 0 spiro atoms. The third kappa shape index (κ3) is 2.23. The minimum absolute atomic E-state index is 0.0818. The van der Waals surface area contributed by atoms with Crippen LogP contribution in [0, 0.1) is 0 Å². The third-order valence-corrected chi connectivity index (χ3v) is 3.36. The number of benzene rings is 1. The molecule has 1 aromatic carbocycles. The van der Waals surface area contributed by atoms with Gasteiger partial charge in [-0.1, -0.05) is 12.1 Å². The molecule has 0 aliphatic carbocycles. The Balaban J connectivity index is 1.93. The lowest BCUT2D eigenvalue weighted by Gasteiger charge is -2.24. The van der Waals surface area contributed by atoms with Crippen LogP contribution >= 0.6 is 11.6 Å². The number of imidazole rings is 1. The number of halogens is 1. The fraction of sp³-hybridized carbons (Fsp3) is 0.462. The predicted octanol–water partition coefficient (Wildman–Crippen LogP) is 2.19. The number of aromatic nitrogens is 2. The van der Waals surface area contributed by atoms with Gasteiger partial charge in [-0.25, -0.2) is 4.98 Å². The van der Waals surface area contributed by atoms with Gasteiger partial charge >= 0.3 is 0 Å². The predicted molar refractivity (Wildman–Crippen MR) is 69.8 cm³/mol. The molecular weight excluding hydrogens is 252 g/mol. The van der Waals surface area contributed by atoms with E-state index in [0.29, 0.717) is 25.7 Å². The third-order valence-electron chi connectivity index (χ3n) is 3.12. The van der Waals surface area contributed by atoms with E-state index in [2.05, 4.69) is 15.6 Å². The second-order valence-electron chi connectivity index (χ2n) is 4.33. The van der Waals surface area contributed by atoms with Gasteiger partial charge in [0.05, 0.1) is 49.4 Å². The van der Waals surface area contributed by atoms with E-state index in [1.165, 1.54) is 0 Å². The van der Waals surface area contributed by atoms with Crippen molar-refractivity contribution in [2.24, 2.45) is 0 Å². The summed E-state index contributed by atoms with van der Waals surface area (Å²) in [6.07, 6.45) is 0.0818. The molecule has 0 radical (unpaired) electrons. The Kier molecular flexibility index (Phi) is 3.50. The van der Waals surface area contributed by atoms with E-state index >= 15 is 0 Å². The van der Waals surface area contributed by atoms with E-state index in [0.717, 1.165) is 23.4 Å². The molecule has 0 N–H and O–H groups in total. The van der Waals surface area contributed by atoms with Crippen molar-refractivity contribution in [3.05, 3.63) is 30.1 Å². The standard InChI is InChI=1S/C13H15ClN2O2/c14-7-13-15-11-3-1-2-4-12(11)16(13)8-10-9-17-5-6-18-10/h1-4,10H,5-9H2. The molecular formula is C13H15ClN2O2. The van der Waals surface area contributed by atoms with Crippen molar-refractivity contribution in [1.29, 1.82) is 0 Å². The zero-order valence-corrected chi connectivity index (χ0v) is 10.8. The van der Waals surface area contributed by atoms with Gasteiger partial charge in [-0.3, -0.25) is 0 Å². The maximum Gasteiger partial charge on any atom is 0.124 e. The van der Waals surface area contributed by atoms with Crippen molar-refractivity contribution < 1.29 is 9.47 Å². The van der Waals surface area contributed by atoms with Crippen LogP contribution in [-0.4, -0.2) is 35.5 Å². The van der Waals surface area contributed by atoms with Gasteiger partial charge in [0.2, 0.25) is 0 Å². The highest BCUT2D eigenvalue weighted by molar-refractivity contribution is 6.16. The number of hydrogen-bond donors (Lipinski definition) is 0. The largest absolute Gasteiger partial charge is 0.376 e. The molecule has 1 saturated heterocycles. The monoisotopic (exact) mass is 266 g/mol. The maximum absolute atomic E-state index is 5.97. The summed E-state index contributed by atoms with van der Waals surface area (Å²) in [7, 11) is 0. The van der Waals surface area contributed by atoms with Crippen molar-refractivity contribution >= 4 is 22.6 Å². The molecule has 1 aromatic heterocycles. The molecule has 1 atom stereocenters. The van der Waals surface area contributed by atoms with Crippen LogP contribution in [0.3, 0.4) is 0 Å². The van der Waals surface area contributed by atoms with E-state index in [1.807, 2.05) is 18.2 Å². The van der Waals surface area contributed by atoms with Gasteiger partial charge in [-0.15, -0.1) is 11.6 Å². The Morgan fingerprint density at radius 2 is 2.22 bits per heavy atom. The fourth-order valence-corrected chi connectivity index (χ4v) is 2.48. The van der Waals surface area contributed by atoms with Crippen molar-refractivity contribution in [2.75, 3.05) is 19.8 Å². The summed E-state index contributed by atoms with van der Waals surface area (Å²) >= 11 is 5.97. The number of rotatable bonds is 3. The average Bonchev–Trinajstić information content (AvgIpc) is 2.78. The minimum Gasteiger partial charge on any atom is -0.376 e. The van der Waals surface area contributed by atoms with E-state index in [9.17, 15) is 0 Å². The van der Waals surface area contributed by atoms with E-state index in [1.54, 1.807) is 0 Å². The number of alkyl halides is 1.